The van der Waals surface area contributed by atoms with Gasteiger partial charge in [0, 0.05) is 7.05 Å². The molecule has 1 saturated heterocycles. The topological polar surface area (TPSA) is 83.2 Å². The zero-order valence-corrected chi connectivity index (χ0v) is 10.6. The van der Waals surface area contributed by atoms with Gasteiger partial charge in [-0.3, -0.25) is 9.69 Å². The summed E-state index contributed by atoms with van der Waals surface area (Å²) >= 11 is 0. The van der Waals surface area contributed by atoms with Gasteiger partial charge in [-0.1, -0.05) is 0 Å². The number of β-amino-alcohol motifs (C(OH)–C–C–N with tert-alkyl or cyclic N) is 1. The van der Waals surface area contributed by atoms with E-state index in [1.165, 1.54) is 11.2 Å². The molecule has 0 aliphatic carbocycles. The zero-order valence-electron chi connectivity index (χ0n) is 10.6. The lowest BCUT2D eigenvalue weighted by molar-refractivity contribution is -0.126. The molecule has 0 radical (unpaired) electrons. The summed E-state index contributed by atoms with van der Waals surface area (Å²) in [4.78, 5) is 25.4. The summed E-state index contributed by atoms with van der Waals surface area (Å²) in [5.41, 5.74) is 0. The number of aliphatic hydroxyl groups is 1. The summed E-state index contributed by atoms with van der Waals surface area (Å²) in [6.45, 7) is 0.270. The molecular weight excluding hydrogens is 252 g/mol. The van der Waals surface area contributed by atoms with E-state index >= 15 is 0 Å². The number of carbonyl (C=O) groups is 2. The van der Waals surface area contributed by atoms with Crippen LogP contribution in [0.1, 0.15) is 5.76 Å². The fourth-order valence-electron chi connectivity index (χ4n) is 1.80. The Hall–Kier alpha value is -1.86. The second-order valence-electron chi connectivity index (χ2n) is 4.39. The van der Waals surface area contributed by atoms with Crippen molar-refractivity contribution in [2.45, 2.75) is 12.7 Å². The Labute approximate surface area is 110 Å². The van der Waals surface area contributed by atoms with Crippen molar-refractivity contribution in [3.05, 3.63) is 24.2 Å². The highest BCUT2D eigenvalue weighted by Gasteiger charge is 2.34. The van der Waals surface area contributed by atoms with E-state index in [0.717, 1.165) is 4.90 Å². The molecule has 1 aliphatic heterocycles. The maximum absolute atomic E-state index is 11.6. The Balaban J connectivity index is 1.73. The Morgan fingerprint density at radius 1 is 1.53 bits per heavy atom. The van der Waals surface area contributed by atoms with Crippen molar-refractivity contribution in [3.8, 4) is 0 Å². The van der Waals surface area contributed by atoms with Gasteiger partial charge in [0.15, 0.2) is 0 Å². The minimum Gasteiger partial charge on any atom is -0.467 e. The number of rotatable bonds is 6. The lowest BCUT2D eigenvalue weighted by Crippen LogP contribution is -2.39. The molecule has 1 aliphatic rings. The standard InChI is InChI=1S/C12H16N2O5/c1-13-6-11(16)14(12(13)17)5-9(15)7-18-8-10-3-2-4-19-10/h2-4,9,15H,5-8H2,1H3. The van der Waals surface area contributed by atoms with Crippen LogP contribution >= 0.6 is 0 Å². The van der Waals surface area contributed by atoms with Crippen molar-refractivity contribution in [2.75, 3.05) is 26.7 Å². The quantitative estimate of drug-likeness (QED) is 0.737. The number of carbonyl (C=O) groups excluding carboxylic acids is 2. The van der Waals surface area contributed by atoms with E-state index in [-0.39, 0.29) is 32.2 Å². The number of amides is 3. The molecule has 0 saturated carbocycles. The molecule has 2 rings (SSSR count). The largest absolute Gasteiger partial charge is 0.467 e. The lowest BCUT2D eigenvalue weighted by atomic mass is 10.3. The van der Waals surface area contributed by atoms with E-state index < -0.39 is 12.1 Å². The van der Waals surface area contributed by atoms with E-state index in [4.69, 9.17) is 9.15 Å². The molecule has 0 bridgehead atoms. The summed E-state index contributed by atoms with van der Waals surface area (Å²) in [6, 6.07) is 3.11. The first-order valence-electron chi connectivity index (χ1n) is 5.91. The molecule has 1 aromatic heterocycles. The molecule has 1 fully saturated rings. The van der Waals surface area contributed by atoms with Crippen molar-refractivity contribution in [3.63, 3.8) is 0 Å². The van der Waals surface area contributed by atoms with Gasteiger partial charge in [-0.05, 0) is 12.1 Å². The lowest BCUT2D eigenvalue weighted by Gasteiger charge is -2.18. The molecule has 1 N–H and O–H groups in total. The maximum Gasteiger partial charge on any atom is 0.327 e. The van der Waals surface area contributed by atoms with Crippen LogP contribution in [0.3, 0.4) is 0 Å². The number of nitrogens with zero attached hydrogens (tertiary/aromatic N) is 2. The first-order valence-corrected chi connectivity index (χ1v) is 5.91. The van der Waals surface area contributed by atoms with E-state index in [1.54, 1.807) is 19.2 Å². The van der Waals surface area contributed by atoms with Crippen LogP contribution < -0.4 is 0 Å². The van der Waals surface area contributed by atoms with Crippen LogP contribution in [-0.2, 0) is 16.1 Å². The van der Waals surface area contributed by atoms with Gasteiger partial charge >= 0.3 is 6.03 Å². The maximum atomic E-state index is 11.6. The molecule has 3 amide bonds. The van der Waals surface area contributed by atoms with Gasteiger partial charge in [0.1, 0.15) is 18.9 Å². The van der Waals surface area contributed by atoms with Crippen LogP contribution in [0.25, 0.3) is 0 Å². The second kappa shape index (κ2) is 5.85. The molecule has 104 valence electrons. The van der Waals surface area contributed by atoms with Gasteiger partial charge < -0.3 is 19.2 Å². The Bertz CT molecular complexity index is 445. The number of furan rings is 1. The van der Waals surface area contributed by atoms with Crippen LogP contribution in [0.2, 0.25) is 0 Å². The molecule has 1 atom stereocenters. The molecule has 7 heteroatoms. The molecule has 2 heterocycles. The van der Waals surface area contributed by atoms with Crippen molar-refractivity contribution in [1.82, 2.24) is 9.80 Å². The van der Waals surface area contributed by atoms with Crippen LogP contribution in [-0.4, -0.2) is 59.7 Å². The van der Waals surface area contributed by atoms with Crippen LogP contribution in [0.15, 0.2) is 22.8 Å². The number of likely N-dealkylation sites (N-methyl/N-ethyl adjacent to an activating group) is 1. The van der Waals surface area contributed by atoms with Crippen LogP contribution in [0.4, 0.5) is 4.79 Å². The summed E-state index contributed by atoms with van der Waals surface area (Å²) < 4.78 is 10.3. The third-order valence-corrected chi connectivity index (χ3v) is 2.76. The van der Waals surface area contributed by atoms with Gasteiger partial charge in [0.2, 0.25) is 5.91 Å². The molecule has 0 spiro atoms. The summed E-state index contributed by atoms with van der Waals surface area (Å²) in [5.74, 6) is 0.345. The van der Waals surface area contributed by atoms with E-state index in [2.05, 4.69) is 0 Å². The molecule has 7 nitrogen and oxygen atoms in total. The SMILES string of the molecule is CN1CC(=O)N(CC(O)COCc2ccco2)C1=O. The Morgan fingerprint density at radius 3 is 2.89 bits per heavy atom. The summed E-state index contributed by atoms with van der Waals surface area (Å²) in [5, 5.41) is 9.74. The molecule has 19 heavy (non-hydrogen) atoms. The summed E-state index contributed by atoms with van der Waals surface area (Å²) in [7, 11) is 1.54. The number of aliphatic hydroxyl groups excluding tert-OH is 1. The zero-order chi connectivity index (χ0) is 13.8. The Kier molecular flexibility index (Phi) is 4.18. The summed E-state index contributed by atoms with van der Waals surface area (Å²) in [6.07, 6.45) is 0.626. The number of hydrogen-bond donors (Lipinski definition) is 1. The van der Waals surface area contributed by atoms with Gasteiger partial charge in [-0.2, -0.15) is 0 Å². The first-order chi connectivity index (χ1) is 9.08. The predicted molar refractivity (Wildman–Crippen MR) is 64.1 cm³/mol. The Morgan fingerprint density at radius 2 is 2.32 bits per heavy atom. The van der Waals surface area contributed by atoms with Crippen molar-refractivity contribution >= 4 is 11.9 Å². The van der Waals surface area contributed by atoms with Crippen molar-refractivity contribution < 1.29 is 23.8 Å². The molecule has 0 aromatic carbocycles. The average molecular weight is 268 g/mol. The highest BCUT2D eigenvalue weighted by molar-refractivity contribution is 6.01. The fourth-order valence-corrected chi connectivity index (χ4v) is 1.80. The third-order valence-electron chi connectivity index (χ3n) is 2.76. The minimum absolute atomic E-state index is 0.0292. The van der Waals surface area contributed by atoms with Crippen molar-refractivity contribution in [2.24, 2.45) is 0 Å². The van der Waals surface area contributed by atoms with Crippen molar-refractivity contribution in [1.29, 1.82) is 0 Å². The smallest absolute Gasteiger partial charge is 0.327 e. The monoisotopic (exact) mass is 268 g/mol. The van der Waals surface area contributed by atoms with E-state index in [0.29, 0.717) is 5.76 Å². The number of imide groups is 1. The normalized spacial score (nSPS) is 17.4. The first kappa shape index (κ1) is 13.6. The number of hydrogen-bond acceptors (Lipinski definition) is 5. The van der Waals surface area contributed by atoms with Gasteiger partial charge in [-0.15, -0.1) is 0 Å². The molecule has 1 unspecified atom stereocenters. The van der Waals surface area contributed by atoms with E-state index in [9.17, 15) is 14.7 Å². The van der Waals surface area contributed by atoms with Gasteiger partial charge in [-0.25, -0.2) is 4.79 Å². The average Bonchev–Trinajstić information content (AvgIpc) is 2.94. The highest BCUT2D eigenvalue weighted by Crippen LogP contribution is 2.09. The van der Waals surface area contributed by atoms with Gasteiger partial charge in [0.25, 0.3) is 0 Å². The minimum atomic E-state index is -0.908. The van der Waals surface area contributed by atoms with Gasteiger partial charge in [0.05, 0.1) is 25.5 Å². The van der Waals surface area contributed by atoms with Crippen LogP contribution in [0, 0.1) is 0 Å². The fraction of sp³-hybridized carbons (Fsp3) is 0.500. The molecular formula is C12H16N2O5. The third kappa shape index (κ3) is 3.33. The molecule has 1 aromatic rings. The predicted octanol–water partition coefficient (Wildman–Crippen LogP) is 0.0511. The number of ether oxygens (including phenoxy) is 1. The van der Waals surface area contributed by atoms with Crippen LogP contribution in [0.5, 0.6) is 0 Å². The second-order valence-corrected chi connectivity index (χ2v) is 4.39. The highest BCUT2D eigenvalue weighted by atomic mass is 16.5. The number of urea groups is 1. The van der Waals surface area contributed by atoms with E-state index in [1.807, 2.05) is 0 Å².